The molecule has 35 heavy (non-hydrogen) atoms. The normalized spacial score (nSPS) is 12.2. The summed E-state index contributed by atoms with van der Waals surface area (Å²) in [5.74, 6) is 2.18. The van der Waals surface area contributed by atoms with Crippen LogP contribution in [0.4, 0.5) is 0 Å². The first-order valence-electron chi connectivity index (χ1n) is 11.7. The molecule has 8 heteroatoms. The minimum Gasteiger partial charge on any atom is -0.493 e. The molecular weight excluding hydrogens is 480 g/mol. The number of aromatic nitrogens is 1. The zero-order valence-corrected chi connectivity index (χ0v) is 22.6. The van der Waals surface area contributed by atoms with Gasteiger partial charge in [0.05, 0.1) is 12.6 Å². The molecule has 0 radical (unpaired) electrons. The Hall–Kier alpha value is -2.71. The van der Waals surface area contributed by atoms with E-state index in [0.717, 1.165) is 27.6 Å². The third-order valence-corrected chi connectivity index (χ3v) is 4.91. The van der Waals surface area contributed by atoms with E-state index in [9.17, 15) is 5.11 Å². The van der Waals surface area contributed by atoms with E-state index >= 15 is 0 Å². The second kappa shape index (κ2) is 12.8. The van der Waals surface area contributed by atoms with Crippen molar-refractivity contribution in [2.24, 2.45) is 0 Å². The molecule has 4 rings (SSSR count). The van der Waals surface area contributed by atoms with Crippen LogP contribution in [0.5, 0.6) is 17.2 Å². The lowest BCUT2D eigenvalue weighted by Crippen LogP contribution is -2.33. The van der Waals surface area contributed by atoms with E-state index in [4.69, 9.17) is 25.3 Å². The van der Waals surface area contributed by atoms with Crippen LogP contribution in [0.2, 0.25) is 19.6 Å². The van der Waals surface area contributed by atoms with Crippen LogP contribution in [-0.4, -0.2) is 57.0 Å². The Morgan fingerprint density at radius 2 is 1.51 bits per heavy atom. The first-order valence-corrected chi connectivity index (χ1v) is 16.2. The maximum atomic E-state index is 10.3. The summed E-state index contributed by atoms with van der Waals surface area (Å²) >= 11 is 5.67. The molecule has 0 aliphatic rings. The Labute approximate surface area is 212 Å². The number of rotatable bonds is 10. The van der Waals surface area contributed by atoms with E-state index in [0.29, 0.717) is 31.2 Å². The van der Waals surface area contributed by atoms with Crippen molar-refractivity contribution < 1.29 is 19.3 Å². The van der Waals surface area contributed by atoms with Gasteiger partial charge in [0, 0.05) is 29.4 Å². The van der Waals surface area contributed by atoms with Crippen molar-refractivity contribution in [1.29, 1.82) is 0 Å². The molecular formula is C27H35ClN2O4Si. The molecule has 0 aliphatic carbocycles. The molecule has 3 N–H and O–H groups in total. The number of fused-ring (bicyclic) bond motifs is 3. The molecule has 0 fully saturated rings. The van der Waals surface area contributed by atoms with Crippen LogP contribution >= 0.6 is 11.1 Å². The Bertz CT molecular complexity index is 1200. The van der Waals surface area contributed by atoms with Crippen molar-refractivity contribution in [3.05, 3.63) is 66.7 Å². The number of hydrogen-bond acceptors (Lipinski definition) is 5. The van der Waals surface area contributed by atoms with Gasteiger partial charge < -0.3 is 29.6 Å². The number of H-pyrrole nitrogens is 1. The number of methoxy groups -OCH3 is 1. The number of para-hydroxylation sites is 3. The highest BCUT2D eigenvalue weighted by molar-refractivity contribution is 7.18. The number of hydrogen-bond donors (Lipinski definition) is 3. The molecule has 1 unspecified atom stereocenters. The summed E-state index contributed by atoms with van der Waals surface area (Å²) in [5, 5.41) is 15.6. The Morgan fingerprint density at radius 1 is 0.886 bits per heavy atom. The van der Waals surface area contributed by atoms with Gasteiger partial charge in [-0.25, -0.2) is 0 Å². The number of aromatic amines is 1. The van der Waals surface area contributed by atoms with E-state index < -0.39 is 13.5 Å². The number of ether oxygens (including phenoxy) is 3. The number of benzene rings is 3. The quantitative estimate of drug-likeness (QED) is 0.142. The third kappa shape index (κ3) is 8.47. The molecule has 0 amide bonds. The number of halogens is 1. The van der Waals surface area contributed by atoms with Crippen molar-refractivity contribution >= 4 is 40.3 Å². The highest BCUT2D eigenvalue weighted by Gasteiger charge is 2.11. The van der Waals surface area contributed by atoms with Gasteiger partial charge in [-0.2, -0.15) is 11.1 Å². The smallest absolute Gasteiger partial charge is 0.161 e. The van der Waals surface area contributed by atoms with Gasteiger partial charge in [-0.3, -0.25) is 0 Å². The van der Waals surface area contributed by atoms with Crippen LogP contribution in [0.25, 0.3) is 21.8 Å². The molecule has 1 aromatic heterocycles. The topological polar surface area (TPSA) is 75.7 Å². The monoisotopic (exact) mass is 514 g/mol. The molecule has 4 aromatic rings. The molecule has 0 bridgehead atoms. The largest absolute Gasteiger partial charge is 0.493 e. The van der Waals surface area contributed by atoms with Crippen molar-refractivity contribution in [2.75, 3.05) is 33.4 Å². The molecule has 1 atom stereocenters. The SMILES string of the molecule is COc1ccccc1OCCNCC(O)COc1cccc2[nH]c3ccccc3c12.C[Si](C)(C)Cl. The summed E-state index contributed by atoms with van der Waals surface area (Å²) in [4.78, 5) is 3.40. The number of aliphatic hydroxyl groups excluding tert-OH is 1. The molecule has 1 heterocycles. The average molecular weight is 515 g/mol. The van der Waals surface area contributed by atoms with Crippen LogP contribution in [0.15, 0.2) is 66.7 Å². The predicted octanol–water partition coefficient (Wildman–Crippen LogP) is 5.80. The molecule has 0 saturated carbocycles. The molecule has 188 valence electrons. The Kier molecular flexibility index (Phi) is 9.86. The summed E-state index contributed by atoms with van der Waals surface area (Å²) in [7, 11) is 0.480. The third-order valence-electron chi connectivity index (χ3n) is 4.91. The van der Waals surface area contributed by atoms with Crippen molar-refractivity contribution in [3.63, 3.8) is 0 Å². The Balaban J connectivity index is 0.000000623. The zero-order valence-electron chi connectivity index (χ0n) is 20.8. The highest BCUT2D eigenvalue weighted by Crippen LogP contribution is 2.33. The highest BCUT2D eigenvalue weighted by atomic mass is 35.6. The molecule has 6 nitrogen and oxygen atoms in total. The summed E-state index contributed by atoms with van der Waals surface area (Å²) < 4.78 is 16.9. The lowest BCUT2D eigenvalue weighted by molar-refractivity contribution is 0.106. The van der Waals surface area contributed by atoms with E-state index in [-0.39, 0.29) is 6.61 Å². The van der Waals surface area contributed by atoms with Crippen LogP contribution in [0.3, 0.4) is 0 Å². The predicted molar refractivity (Wildman–Crippen MR) is 148 cm³/mol. The molecule has 0 spiro atoms. The summed E-state index contributed by atoms with van der Waals surface area (Å²) in [5.41, 5.74) is 2.09. The van der Waals surface area contributed by atoms with Gasteiger partial charge in [-0.1, -0.05) is 56.0 Å². The van der Waals surface area contributed by atoms with Crippen LogP contribution < -0.4 is 19.5 Å². The minimum atomic E-state index is -1.14. The van der Waals surface area contributed by atoms with Gasteiger partial charge in [0.25, 0.3) is 0 Å². The maximum absolute atomic E-state index is 10.3. The van der Waals surface area contributed by atoms with Crippen molar-refractivity contribution in [1.82, 2.24) is 10.3 Å². The lowest BCUT2D eigenvalue weighted by atomic mass is 10.1. The fraction of sp³-hybridized carbons (Fsp3) is 0.333. The minimum absolute atomic E-state index is 0.207. The summed E-state index contributed by atoms with van der Waals surface area (Å²) in [6.45, 7) is 7.98. The van der Waals surface area contributed by atoms with E-state index in [1.54, 1.807) is 7.11 Å². The second-order valence-electron chi connectivity index (χ2n) is 9.08. The number of nitrogens with one attached hydrogen (secondary N) is 2. The average Bonchev–Trinajstić information content (AvgIpc) is 3.21. The van der Waals surface area contributed by atoms with E-state index in [1.165, 1.54) is 0 Å². The first kappa shape index (κ1) is 26.9. The fourth-order valence-electron chi connectivity index (χ4n) is 3.47. The maximum Gasteiger partial charge on any atom is 0.161 e. The van der Waals surface area contributed by atoms with Crippen LogP contribution in [-0.2, 0) is 0 Å². The molecule has 0 aliphatic heterocycles. The van der Waals surface area contributed by atoms with Crippen molar-refractivity contribution in [3.8, 4) is 17.2 Å². The fourth-order valence-corrected chi connectivity index (χ4v) is 3.47. The van der Waals surface area contributed by atoms with Crippen LogP contribution in [0, 0.1) is 0 Å². The number of aliphatic hydroxyl groups is 1. The zero-order chi connectivity index (χ0) is 25.3. The van der Waals surface area contributed by atoms with Gasteiger partial charge in [0.1, 0.15) is 32.5 Å². The summed E-state index contributed by atoms with van der Waals surface area (Å²) in [6.07, 6.45) is -0.628. The first-order chi connectivity index (χ1) is 16.8. The van der Waals surface area contributed by atoms with Crippen LogP contribution in [0.1, 0.15) is 0 Å². The van der Waals surface area contributed by atoms with Gasteiger partial charge in [-0.05, 0) is 30.3 Å². The van der Waals surface area contributed by atoms with Gasteiger partial charge in [0.2, 0.25) is 0 Å². The van der Waals surface area contributed by atoms with Gasteiger partial charge >= 0.3 is 0 Å². The van der Waals surface area contributed by atoms with Gasteiger partial charge in [0.15, 0.2) is 11.5 Å². The Morgan fingerprint density at radius 3 is 2.26 bits per heavy atom. The molecule has 3 aromatic carbocycles. The van der Waals surface area contributed by atoms with Gasteiger partial charge in [-0.15, -0.1) is 0 Å². The van der Waals surface area contributed by atoms with E-state index in [1.807, 2.05) is 60.7 Å². The van der Waals surface area contributed by atoms with Crippen molar-refractivity contribution in [2.45, 2.75) is 25.7 Å². The standard InChI is InChI=1S/C24H26N2O4.C3H9ClSi/c1-28-21-10-4-5-11-22(21)29-14-13-25-15-17(27)16-30-23-12-6-9-20-24(23)18-7-2-3-8-19(18)26-20;1-5(2,3)4/h2-12,17,25-27H,13-16H2,1H3;1-3H3. The summed E-state index contributed by atoms with van der Waals surface area (Å²) in [6, 6.07) is 21.6. The lowest BCUT2D eigenvalue weighted by Gasteiger charge is -2.15. The second-order valence-corrected chi connectivity index (χ2v) is 16.6. The molecule has 0 saturated heterocycles. The van der Waals surface area contributed by atoms with E-state index in [2.05, 4.69) is 36.0 Å².